The third-order valence-electron chi connectivity index (χ3n) is 3.93. The highest BCUT2D eigenvalue weighted by atomic mass is 16.3. The van der Waals surface area contributed by atoms with Crippen LogP contribution in [0.3, 0.4) is 0 Å². The summed E-state index contributed by atoms with van der Waals surface area (Å²) in [5.41, 5.74) is 1.05. The van der Waals surface area contributed by atoms with Gasteiger partial charge in [-0.05, 0) is 25.0 Å². The van der Waals surface area contributed by atoms with Gasteiger partial charge in [-0.3, -0.25) is 0 Å². The second-order valence-corrected chi connectivity index (χ2v) is 5.08. The van der Waals surface area contributed by atoms with Gasteiger partial charge in [-0.25, -0.2) is 4.68 Å². The van der Waals surface area contributed by atoms with Crippen molar-refractivity contribution in [3.63, 3.8) is 0 Å². The summed E-state index contributed by atoms with van der Waals surface area (Å²) in [4.78, 5) is 0. The molecular weight excluding hydrogens is 238 g/mol. The molecule has 0 radical (unpaired) electrons. The zero-order chi connectivity index (χ0) is 13.3. The van der Waals surface area contributed by atoms with Crippen molar-refractivity contribution in [2.24, 2.45) is 5.41 Å². The number of para-hydroxylation sites is 1. The molecule has 1 aliphatic rings. The number of rotatable bonds is 3. The van der Waals surface area contributed by atoms with E-state index in [1.807, 2.05) is 30.3 Å². The van der Waals surface area contributed by atoms with E-state index in [0.717, 1.165) is 24.9 Å². The van der Waals surface area contributed by atoms with E-state index in [-0.39, 0.29) is 0 Å². The fourth-order valence-corrected chi connectivity index (χ4v) is 2.52. The lowest BCUT2D eigenvalue weighted by molar-refractivity contribution is 0.00793. The molecule has 1 N–H and O–H groups in total. The van der Waals surface area contributed by atoms with Gasteiger partial charge in [-0.2, -0.15) is 10.4 Å². The number of aromatic nitrogens is 2. The van der Waals surface area contributed by atoms with E-state index < -0.39 is 11.5 Å². The molecule has 4 nitrogen and oxygen atoms in total. The van der Waals surface area contributed by atoms with Crippen molar-refractivity contribution in [2.45, 2.75) is 25.4 Å². The standard InChI is InChI=1S/C15H15N3O/c16-11-15(7-4-8-15)14(19)12-9-17-18(10-12)13-5-2-1-3-6-13/h1-3,5-6,9-10,14,19H,4,7-8H2. The predicted octanol–water partition coefficient (Wildman–Crippen LogP) is 2.60. The first-order chi connectivity index (χ1) is 9.25. The highest BCUT2D eigenvalue weighted by Crippen LogP contribution is 2.49. The molecule has 1 fully saturated rings. The van der Waals surface area contributed by atoms with Gasteiger partial charge in [0.2, 0.25) is 0 Å². The second kappa shape index (κ2) is 4.52. The van der Waals surface area contributed by atoms with Crippen molar-refractivity contribution in [3.8, 4) is 11.8 Å². The molecule has 1 saturated carbocycles. The van der Waals surface area contributed by atoms with E-state index >= 15 is 0 Å². The first-order valence-corrected chi connectivity index (χ1v) is 6.44. The van der Waals surface area contributed by atoms with E-state index in [1.165, 1.54) is 0 Å². The molecule has 19 heavy (non-hydrogen) atoms. The van der Waals surface area contributed by atoms with Gasteiger partial charge in [-0.15, -0.1) is 0 Å². The SMILES string of the molecule is N#CC1(C(O)c2cnn(-c3ccccc3)c2)CCC1. The predicted molar refractivity (Wildman–Crippen MR) is 70.4 cm³/mol. The van der Waals surface area contributed by atoms with E-state index in [9.17, 15) is 10.4 Å². The van der Waals surface area contributed by atoms with Gasteiger partial charge >= 0.3 is 0 Å². The van der Waals surface area contributed by atoms with Gasteiger partial charge in [0.25, 0.3) is 0 Å². The maximum Gasteiger partial charge on any atom is 0.101 e. The van der Waals surface area contributed by atoms with Crippen molar-refractivity contribution >= 4 is 0 Å². The Bertz CT molecular complexity index is 608. The number of aliphatic hydroxyl groups is 1. The fraction of sp³-hybridized carbons (Fsp3) is 0.333. The number of benzene rings is 1. The molecule has 0 spiro atoms. The van der Waals surface area contributed by atoms with E-state index in [4.69, 9.17) is 0 Å². The largest absolute Gasteiger partial charge is 0.387 e. The number of hydrogen-bond acceptors (Lipinski definition) is 3. The second-order valence-electron chi connectivity index (χ2n) is 5.08. The zero-order valence-corrected chi connectivity index (χ0v) is 10.5. The van der Waals surface area contributed by atoms with Crippen LogP contribution in [0.5, 0.6) is 0 Å². The van der Waals surface area contributed by atoms with E-state index in [2.05, 4.69) is 11.2 Å². The van der Waals surface area contributed by atoms with Gasteiger partial charge in [-0.1, -0.05) is 24.6 Å². The normalized spacial score (nSPS) is 18.3. The molecule has 1 aromatic heterocycles. The zero-order valence-electron chi connectivity index (χ0n) is 10.5. The lowest BCUT2D eigenvalue weighted by Crippen LogP contribution is -2.34. The van der Waals surface area contributed by atoms with Crippen LogP contribution in [0.2, 0.25) is 0 Å². The highest BCUT2D eigenvalue weighted by molar-refractivity contribution is 5.32. The molecule has 0 saturated heterocycles. The van der Waals surface area contributed by atoms with Crippen LogP contribution in [-0.4, -0.2) is 14.9 Å². The molecule has 3 rings (SSSR count). The van der Waals surface area contributed by atoms with Gasteiger partial charge < -0.3 is 5.11 Å². The number of nitrogens with zero attached hydrogens (tertiary/aromatic N) is 3. The first kappa shape index (κ1) is 11.9. The van der Waals surface area contributed by atoms with Crippen LogP contribution < -0.4 is 0 Å². The first-order valence-electron chi connectivity index (χ1n) is 6.44. The minimum absolute atomic E-state index is 0.607. The topological polar surface area (TPSA) is 61.8 Å². The van der Waals surface area contributed by atoms with Crippen molar-refractivity contribution in [1.29, 1.82) is 5.26 Å². The van der Waals surface area contributed by atoms with Crippen LogP contribution in [0, 0.1) is 16.7 Å². The Morgan fingerprint density at radius 3 is 2.63 bits per heavy atom. The molecule has 96 valence electrons. The molecule has 0 aliphatic heterocycles. The Morgan fingerprint density at radius 2 is 2.05 bits per heavy atom. The fourth-order valence-electron chi connectivity index (χ4n) is 2.52. The maximum absolute atomic E-state index is 10.4. The van der Waals surface area contributed by atoms with Crippen LogP contribution in [0.15, 0.2) is 42.7 Å². The quantitative estimate of drug-likeness (QED) is 0.914. The monoisotopic (exact) mass is 253 g/mol. The number of aliphatic hydroxyl groups excluding tert-OH is 1. The summed E-state index contributed by atoms with van der Waals surface area (Å²) in [6.07, 6.45) is 5.25. The third kappa shape index (κ3) is 1.92. The lowest BCUT2D eigenvalue weighted by atomic mass is 9.65. The summed E-state index contributed by atoms with van der Waals surface area (Å²) < 4.78 is 1.72. The number of nitriles is 1. The average Bonchev–Trinajstić information content (AvgIpc) is 2.88. The van der Waals surface area contributed by atoms with E-state index in [1.54, 1.807) is 17.1 Å². The molecule has 1 aromatic carbocycles. The van der Waals surface area contributed by atoms with Crippen LogP contribution in [0.1, 0.15) is 30.9 Å². The molecule has 1 atom stereocenters. The molecule has 0 amide bonds. The summed E-state index contributed by atoms with van der Waals surface area (Å²) in [7, 11) is 0. The van der Waals surface area contributed by atoms with Crippen molar-refractivity contribution in [2.75, 3.05) is 0 Å². The van der Waals surface area contributed by atoms with Crippen LogP contribution in [0.4, 0.5) is 0 Å². The summed E-state index contributed by atoms with van der Waals surface area (Å²) in [6.45, 7) is 0. The Kier molecular flexibility index (Phi) is 2.84. The van der Waals surface area contributed by atoms with Gasteiger partial charge in [0.15, 0.2) is 0 Å². The molecular formula is C15H15N3O. The number of hydrogen-bond donors (Lipinski definition) is 1. The highest BCUT2D eigenvalue weighted by Gasteiger charge is 2.45. The van der Waals surface area contributed by atoms with Gasteiger partial charge in [0.05, 0.1) is 23.4 Å². The van der Waals surface area contributed by atoms with Crippen LogP contribution in [-0.2, 0) is 0 Å². The summed E-state index contributed by atoms with van der Waals surface area (Å²) >= 11 is 0. The minimum Gasteiger partial charge on any atom is -0.387 e. The van der Waals surface area contributed by atoms with Crippen LogP contribution in [0.25, 0.3) is 5.69 Å². The van der Waals surface area contributed by atoms with Gasteiger partial charge in [0.1, 0.15) is 6.10 Å². The third-order valence-corrected chi connectivity index (χ3v) is 3.93. The minimum atomic E-state index is -0.747. The van der Waals surface area contributed by atoms with Crippen molar-refractivity contribution in [3.05, 3.63) is 48.3 Å². The molecule has 1 heterocycles. The summed E-state index contributed by atoms with van der Waals surface area (Å²) in [6, 6.07) is 12.0. The Balaban J connectivity index is 1.88. The molecule has 1 unspecified atom stereocenters. The van der Waals surface area contributed by atoms with Gasteiger partial charge in [0, 0.05) is 11.8 Å². The Hall–Kier alpha value is -2.12. The van der Waals surface area contributed by atoms with Crippen molar-refractivity contribution in [1.82, 2.24) is 9.78 Å². The molecule has 1 aliphatic carbocycles. The van der Waals surface area contributed by atoms with Crippen LogP contribution >= 0.6 is 0 Å². The average molecular weight is 253 g/mol. The molecule has 4 heteroatoms. The Morgan fingerprint density at radius 1 is 1.32 bits per heavy atom. The lowest BCUT2D eigenvalue weighted by Gasteiger charge is -2.38. The summed E-state index contributed by atoms with van der Waals surface area (Å²) in [5, 5.41) is 23.9. The molecule has 0 bridgehead atoms. The Labute approximate surface area is 111 Å². The van der Waals surface area contributed by atoms with Crippen molar-refractivity contribution < 1.29 is 5.11 Å². The maximum atomic E-state index is 10.4. The summed E-state index contributed by atoms with van der Waals surface area (Å²) in [5.74, 6) is 0. The van der Waals surface area contributed by atoms with E-state index in [0.29, 0.717) is 5.56 Å². The molecule has 2 aromatic rings. The smallest absolute Gasteiger partial charge is 0.101 e.